The van der Waals surface area contributed by atoms with Crippen LogP contribution in [0.2, 0.25) is 0 Å². The molecule has 0 aliphatic heterocycles. The molecule has 1 aliphatic rings. The Bertz CT molecular complexity index is 1600. The van der Waals surface area contributed by atoms with E-state index in [2.05, 4.69) is 38.4 Å². The van der Waals surface area contributed by atoms with Gasteiger partial charge < -0.3 is 4.98 Å². The molecule has 5 heterocycles. The van der Waals surface area contributed by atoms with Gasteiger partial charge in [0.2, 0.25) is 0 Å². The highest BCUT2D eigenvalue weighted by Gasteiger charge is 2.17. The van der Waals surface area contributed by atoms with Crippen LogP contribution in [-0.4, -0.2) is 34.9 Å². The molecule has 0 unspecified atom stereocenters. The van der Waals surface area contributed by atoms with E-state index in [0.29, 0.717) is 17.0 Å². The normalized spacial score (nSPS) is 17.5. The highest BCUT2D eigenvalue weighted by molar-refractivity contribution is 7.13. The van der Waals surface area contributed by atoms with Crippen LogP contribution in [0.3, 0.4) is 0 Å². The number of nitrogens with zero attached hydrogens (tertiary/aromatic N) is 5. The molecule has 0 amide bonds. The summed E-state index contributed by atoms with van der Waals surface area (Å²) in [6.07, 6.45) is 13.7. The van der Waals surface area contributed by atoms with Crippen LogP contribution in [0.25, 0.3) is 50.8 Å². The molecule has 0 saturated heterocycles. The van der Waals surface area contributed by atoms with Crippen LogP contribution in [0.4, 0.5) is 4.39 Å². The number of imidazole rings is 1. The minimum atomic E-state index is -0.242. The molecular formula is C23H18FN7S. The van der Waals surface area contributed by atoms with Crippen molar-refractivity contribution in [3.8, 4) is 22.1 Å². The van der Waals surface area contributed by atoms with Gasteiger partial charge in [-0.3, -0.25) is 14.8 Å². The van der Waals surface area contributed by atoms with Crippen LogP contribution in [0.1, 0.15) is 18.4 Å². The van der Waals surface area contributed by atoms with E-state index in [1.54, 1.807) is 12.3 Å². The molecule has 0 fully saturated rings. The summed E-state index contributed by atoms with van der Waals surface area (Å²) in [5.41, 5.74) is 5.34. The average molecular weight is 444 g/mol. The van der Waals surface area contributed by atoms with Gasteiger partial charge in [0.05, 0.1) is 21.9 Å². The molecule has 5 aromatic rings. The lowest BCUT2D eigenvalue weighted by Crippen LogP contribution is -2.28. The second-order valence-electron chi connectivity index (χ2n) is 7.60. The Kier molecular flexibility index (Phi) is 4.36. The minimum absolute atomic E-state index is 0.242. The summed E-state index contributed by atoms with van der Waals surface area (Å²) in [5.74, 6) is 0.674. The molecule has 2 N–H and O–H groups in total. The first kappa shape index (κ1) is 18.9. The summed E-state index contributed by atoms with van der Waals surface area (Å²) in [7, 11) is 1.93. The maximum atomic E-state index is 13.6. The number of nitrogens with one attached hydrogen (secondary N) is 2. The molecule has 5 aromatic heterocycles. The van der Waals surface area contributed by atoms with Crippen LogP contribution < -0.4 is 10.6 Å². The number of aromatic amines is 2. The molecular weight excluding hydrogens is 425 g/mol. The SMILES string of the molecule is Cn1nc(-c2nc3c(-c4ccc(F)s4)nccc3[nH]2)c2/c1=C\C=C(\c1cn[nH]c1)CC/C=2. The van der Waals surface area contributed by atoms with E-state index in [1.807, 2.05) is 30.2 Å². The third kappa shape index (κ3) is 3.09. The quantitative estimate of drug-likeness (QED) is 0.447. The van der Waals surface area contributed by atoms with Crippen LogP contribution in [-0.2, 0) is 7.05 Å². The van der Waals surface area contributed by atoms with E-state index >= 15 is 0 Å². The van der Waals surface area contributed by atoms with Crippen LogP contribution in [0.5, 0.6) is 0 Å². The van der Waals surface area contributed by atoms with Crippen molar-refractivity contribution in [2.45, 2.75) is 12.8 Å². The Balaban J connectivity index is 1.50. The van der Waals surface area contributed by atoms with Crippen molar-refractivity contribution >= 4 is 40.1 Å². The molecule has 1 aliphatic carbocycles. The number of fused-ring (bicyclic) bond motifs is 2. The van der Waals surface area contributed by atoms with E-state index in [-0.39, 0.29) is 5.13 Å². The Morgan fingerprint density at radius 2 is 2.09 bits per heavy atom. The minimum Gasteiger partial charge on any atom is -0.336 e. The number of allylic oxidation sites excluding steroid dienone is 2. The van der Waals surface area contributed by atoms with Crippen molar-refractivity contribution < 1.29 is 4.39 Å². The standard InChI is InChI=1S/C23H18FN7S/c1-31-17-6-5-13(14-11-26-27-12-14)3-2-4-15(17)20(30-31)23-28-16-9-10-25-22(21(16)29-23)18-7-8-19(24)32-18/h4-12H,2-3H2,1H3,(H,26,27)(H,28,29)/b13-5+,15-4-,17-6+. The number of rotatable bonds is 3. The van der Waals surface area contributed by atoms with Gasteiger partial charge in [-0.2, -0.15) is 14.6 Å². The monoisotopic (exact) mass is 443 g/mol. The molecule has 0 radical (unpaired) electrons. The van der Waals surface area contributed by atoms with E-state index in [1.165, 1.54) is 11.6 Å². The Morgan fingerprint density at radius 3 is 2.91 bits per heavy atom. The third-order valence-electron chi connectivity index (χ3n) is 5.64. The van der Waals surface area contributed by atoms with E-state index in [9.17, 15) is 4.39 Å². The van der Waals surface area contributed by atoms with Crippen LogP contribution >= 0.6 is 11.3 Å². The number of thiophene rings is 1. The third-order valence-corrected chi connectivity index (χ3v) is 6.52. The number of halogens is 1. The second-order valence-corrected chi connectivity index (χ2v) is 8.64. The molecule has 0 aromatic carbocycles. The van der Waals surface area contributed by atoms with Gasteiger partial charge in [0, 0.05) is 30.2 Å². The summed E-state index contributed by atoms with van der Waals surface area (Å²) in [6, 6.07) is 5.06. The lowest BCUT2D eigenvalue weighted by atomic mass is 10.0. The van der Waals surface area contributed by atoms with Crippen LogP contribution in [0, 0.1) is 5.13 Å². The molecule has 7 nitrogen and oxygen atoms in total. The predicted molar refractivity (Wildman–Crippen MR) is 123 cm³/mol. The van der Waals surface area contributed by atoms with Crippen molar-refractivity contribution in [1.29, 1.82) is 0 Å². The molecule has 0 bridgehead atoms. The van der Waals surface area contributed by atoms with Gasteiger partial charge in [-0.15, -0.1) is 11.3 Å². The zero-order valence-corrected chi connectivity index (χ0v) is 17.9. The zero-order valence-electron chi connectivity index (χ0n) is 17.1. The lowest BCUT2D eigenvalue weighted by molar-refractivity contribution is 0.657. The number of pyridine rings is 1. The van der Waals surface area contributed by atoms with E-state index in [4.69, 9.17) is 10.1 Å². The highest BCUT2D eigenvalue weighted by Crippen LogP contribution is 2.31. The smallest absolute Gasteiger partial charge is 0.177 e. The molecule has 0 atom stereocenters. The molecule has 158 valence electrons. The number of hydrogen-bond donors (Lipinski definition) is 2. The average Bonchev–Trinajstić information content (AvgIpc) is 3.55. The van der Waals surface area contributed by atoms with Gasteiger partial charge in [0.25, 0.3) is 0 Å². The number of H-pyrrole nitrogens is 2. The molecule has 0 saturated carbocycles. The lowest BCUT2D eigenvalue weighted by Gasteiger charge is -2.03. The summed E-state index contributed by atoms with van der Waals surface area (Å²) >= 11 is 1.06. The van der Waals surface area contributed by atoms with Crippen molar-refractivity contribution in [1.82, 2.24) is 34.9 Å². The number of aryl methyl sites for hydroxylation is 1. The first-order valence-electron chi connectivity index (χ1n) is 10.2. The van der Waals surface area contributed by atoms with Gasteiger partial charge in [-0.25, -0.2) is 4.98 Å². The number of hydrogen-bond acceptors (Lipinski definition) is 5. The summed E-state index contributed by atoms with van der Waals surface area (Å²) in [5, 5.41) is 13.5. The molecule has 6 rings (SSSR count). The number of aromatic nitrogens is 7. The first-order valence-corrected chi connectivity index (χ1v) is 11.0. The van der Waals surface area contributed by atoms with Gasteiger partial charge in [0.15, 0.2) is 11.0 Å². The fourth-order valence-corrected chi connectivity index (χ4v) is 4.83. The van der Waals surface area contributed by atoms with Crippen LogP contribution in [0.15, 0.2) is 42.9 Å². The molecule has 0 spiro atoms. The van der Waals surface area contributed by atoms with Gasteiger partial charge in [-0.1, -0.05) is 12.2 Å². The van der Waals surface area contributed by atoms with Crippen molar-refractivity contribution in [3.05, 3.63) is 64.1 Å². The van der Waals surface area contributed by atoms with Crippen molar-refractivity contribution in [2.75, 3.05) is 0 Å². The first-order chi connectivity index (χ1) is 15.7. The maximum absolute atomic E-state index is 13.6. The van der Waals surface area contributed by atoms with Crippen molar-refractivity contribution in [3.63, 3.8) is 0 Å². The highest BCUT2D eigenvalue weighted by atomic mass is 32.1. The fraction of sp³-hybridized carbons (Fsp3) is 0.130. The maximum Gasteiger partial charge on any atom is 0.177 e. The second kappa shape index (κ2) is 7.38. The van der Waals surface area contributed by atoms with Gasteiger partial charge in [0.1, 0.15) is 16.9 Å². The summed E-state index contributed by atoms with van der Waals surface area (Å²) in [6.45, 7) is 0. The largest absolute Gasteiger partial charge is 0.336 e. The fourth-order valence-electron chi connectivity index (χ4n) is 4.10. The van der Waals surface area contributed by atoms with Crippen molar-refractivity contribution in [2.24, 2.45) is 7.05 Å². The Labute approximate surface area is 185 Å². The van der Waals surface area contributed by atoms with Gasteiger partial charge >= 0.3 is 0 Å². The van der Waals surface area contributed by atoms with E-state index in [0.717, 1.165) is 56.4 Å². The topological polar surface area (TPSA) is 88.1 Å². The summed E-state index contributed by atoms with van der Waals surface area (Å²) < 4.78 is 15.5. The molecule has 32 heavy (non-hydrogen) atoms. The Hall–Kier alpha value is -3.85. The predicted octanol–water partition coefficient (Wildman–Crippen LogP) is 3.39. The Morgan fingerprint density at radius 1 is 1.16 bits per heavy atom. The zero-order chi connectivity index (χ0) is 21.7. The summed E-state index contributed by atoms with van der Waals surface area (Å²) in [4.78, 5) is 13.4. The van der Waals surface area contributed by atoms with Gasteiger partial charge in [-0.05, 0) is 42.7 Å². The molecule has 9 heteroatoms. The van der Waals surface area contributed by atoms with E-state index < -0.39 is 0 Å².